The van der Waals surface area contributed by atoms with E-state index in [2.05, 4.69) is 15.3 Å². The van der Waals surface area contributed by atoms with Gasteiger partial charge in [0.05, 0.1) is 28.8 Å². The molecule has 10 heteroatoms. The van der Waals surface area contributed by atoms with Crippen molar-refractivity contribution in [1.82, 2.24) is 19.5 Å². The molecule has 1 atom stereocenters. The lowest BCUT2D eigenvalue weighted by molar-refractivity contribution is 0.601. The molecule has 0 saturated heterocycles. The van der Waals surface area contributed by atoms with Gasteiger partial charge in [0.15, 0.2) is 15.7 Å². The highest BCUT2D eigenvalue weighted by atomic mass is 32.2. The summed E-state index contributed by atoms with van der Waals surface area (Å²) in [5, 5.41) is 3.58. The number of nitrogens with two attached hydrogens (primary N) is 1. The molecular weight excluding hydrogens is 428 g/mol. The lowest BCUT2D eigenvalue weighted by Gasteiger charge is -2.21. The quantitative estimate of drug-likeness (QED) is 0.474. The number of nitrogens with one attached hydrogen (secondary N) is 1. The summed E-state index contributed by atoms with van der Waals surface area (Å²) in [6.07, 6.45) is 2.23. The fourth-order valence-corrected chi connectivity index (χ4v) is 4.26. The van der Waals surface area contributed by atoms with Crippen molar-refractivity contribution in [2.75, 3.05) is 17.3 Å². The molecule has 4 rings (SSSR count). The Morgan fingerprint density at radius 1 is 1.06 bits per heavy atom. The van der Waals surface area contributed by atoms with Crippen molar-refractivity contribution in [2.45, 2.75) is 24.8 Å². The molecule has 2 aromatic heterocycles. The van der Waals surface area contributed by atoms with Gasteiger partial charge < -0.3 is 11.1 Å². The summed E-state index contributed by atoms with van der Waals surface area (Å²) in [6, 6.07) is 14.0. The molecular formula is C22H22N6O3S. The molecule has 0 aliphatic rings. The molecule has 164 valence electrons. The lowest BCUT2D eigenvalue weighted by Crippen LogP contribution is -2.28. The summed E-state index contributed by atoms with van der Waals surface area (Å²) in [5.41, 5.74) is 7.49. The van der Waals surface area contributed by atoms with Crippen LogP contribution in [0.3, 0.4) is 0 Å². The number of sulfone groups is 1. The van der Waals surface area contributed by atoms with E-state index in [-0.39, 0.29) is 22.2 Å². The maximum absolute atomic E-state index is 13.6. The Morgan fingerprint density at radius 2 is 1.78 bits per heavy atom. The maximum atomic E-state index is 13.6. The van der Waals surface area contributed by atoms with Gasteiger partial charge >= 0.3 is 0 Å². The molecule has 0 radical (unpaired) electrons. The van der Waals surface area contributed by atoms with Crippen molar-refractivity contribution in [1.29, 1.82) is 0 Å². The Labute approximate surface area is 184 Å². The first-order chi connectivity index (χ1) is 15.2. The molecule has 4 aromatic rings. The van der Waals surface area contributed by atoms with Gasteiger partial charge in [0.2, 0.25) is 5.95 Å². The predicted octanol–water partition coefficient (Wildman–Crippen LogP) is 2.64. The molecule has 0 saturated carbocycles. The normalized spacial score (nSPS) is 12.6. The molecule has 0 fully saturated rings. The number of fused-ring (bicyclic) bond motifs is 1. The largest absolute Gasteiger partial charge is 0.368 e. The molecule has 0 spiro atoms. The summed E-state index contributed by atoms with van der Waals surface area (Å²) >= 11 is 0. The summed E-state index contributed by atoms with van der Waals surface area (Å²) in [6.45, 7) is 3.64. The van der Waals surface area contributed by atoms with Crippen LogP contribution in [0.1, 0.15) is 24.4 Å². The standard InChI is InChI=1S/C22H22N6O3S/c1-13-8-7-11-16-18(13)21(29)28(15-9-5-4-6-10-15)20(26-16)14(2)25-19-17(32(3,30)31)12-24-22(23)27-19/h4-12,14H,1-3H3,(H3,23,24,25,27). The first kappa shape index (κ1) is 21.4. The molecule has 9 nitrogen and oxygen atoms in total. The Bertz CT molecular complexity index is 1480. The van der Waals surface area contributed by atoms with E-state index in [0.29, 0.717) is 22.4 Å². The van der Waals surface area contributed by atoms with Gasteiger partial charge in [-0.05, 0) is 37.6 Å². The Kier molecular flexibility index (Phi) is 5.39. The van der Waals surface area contributed by atoms with Crippen molar-refractivity contribution in [3.8, 4) is 5.69 Å². The number of hydrogen-bond donors (Lipinski definition) is 2. The third kappa shape index (κ3) is 3.92. The first-order valence-corrected chi connectivity index (χ1v) is 11.7. The fraction of sp³-hybridized carbons (Fsp3) is 0.182. The Morgan fingerprint density at radius 3 is 2.47 bits per heavy atom. The molecule has 3 N–H and O–H groups in total. The van der Waals surface area contributed by atoms with Crippen molar-refractivity contribution in [2.24, 2.45) is 0 Å². The van der Waals surface area contributed by atoms with E-state index in [0.717, 1.165) is 18.0 Å². The van der Waals surface area contributed by atoms with Crippen LogP contribution in [-0.4, -0.2) is 34.2 Å². The number of rotatable bonds is 5. The SMILES string of the molecule is Cc1cccc2nc(C(C)Nc3nc(N)ncc3S(C)(=O)=O)n(-c3ccccc3)c(=O)c12. The van der Waals surface area contributed by atoms with Crippen LogP contribution in [-0.2, 0) is 9.84 Å². The summed E-state index contributed by atoms with van der Waals surface area (Å²) < 4.78 is 25.9. The van der Waals surface area contributed by atoms with E-state index in [4.69, 9.17) is 10.7 Å². The zero-order valence-corrected chi connectivity index (χ0v) is 18.6. The Hall–Kier alpha value is -3.79. The fourth-order valence-electron chi connectivity index (χ4n) is 3.56. The van der Waals surface area contributed by atoms with Crippen LogP contribution in [0.2, 0.25) is 0 Å². The number of nitrogen functional groups attached to an aromatic ring is 1. The van der Waals surface area contributed by atoms with Gasteiger partial charge in [-0.3, -0.25) is 9.36 Å². The topological polar surface area (TPSA) is 133 Å². The minimum atomic E-state index is -3.62. The second-order valence-electron chi connectivity index (χ2n) is 7.49. The summed E-state index contributed by atoms with van der Waals surface area (Å²) in [5.74, 6) is 0.372. The smallest absolute Gasteiger partial charge is 0.266 e. The minimum Gasteiger partial charge on any atom is -0.368 e. The number of nitrogens with zero attached hydrogens (tertiary/aromatic N) is 4. The zero-order chi connectivity index (χ0) is 23.0. The molecule has 0 aliphatic heterocycles. The average Bonchev–Trinajstić information content (AvgIpc) is 2.73. The summed E-state index contributed by atoms with van der Waals surface area (Å²) in [7, 11) is -3.62. The van der Waals surface area contributed by atoms with Crippen molar-refractivity contribution in [3.05, 3.63) is 76.5 Å². The van der Waals surface area contributed by atoms with E-state index in [9.17, 15) is 13.2 Å². The number of benzene rings is 2. The molecule has 0 amide bonds. The predicted molar refractivity (Wildman–Crippen MR) is 124 cm³/mol. The average molecular weight is 451 g/mol. The number of para-hydroxylation sites is 1. The minimum absolute atomic E-state index is 0.0469. The van der Waals surface area contributed by atoms with Gasteiger partial charge in [0.1, 0.15) is 10.7 Å². The third-order valence-corrected chi connectivity index (χ3v) is 6.16. The van der Waals surface area contributed by atoms with Gasteiger partial charge in [0.25, 0.3) is 5.56 Å². The highest BCUT2D eigenvalue weighted by Crippen LogP contribution is 2.25. The van der Waals surface area contributed by atoms with Gasteiger partial charge in [0, 0.05) is 6.26 Å². The number of anilines is 2. The lowest BCUT2D eigenvalue weighted by atomic mass is 10.1. The maximum Gasteiger partial charge on any atom is 0.266 e. The van der Waals surface area contributed by atoms with Crippen LogP contribution in [0.4, 0.5) is 11.8 Å². The molecule has 0 aliphatic carbocycles. The number of aryl methyl sites for hydroxylation is 1. The first-order valence-electron chi connectivity index (χ1n) is 9.83. The second-order valence-corrected chi connectivity index (χ2v) is 9.48. The van der Waals surface area contributed by atoms with Crippen LogP contribution in [0, 0.1) is 6.92 Å². The molecule has 2 aromatic carbocycles. The Balaban J connectivity index is 1.94. The van der Waals surface area contributed by atoms with Gasteiger partial charge in [-0.1, -0.05) is 30.3 Å². The van der Waals surface area contributed by atoms with Gasteiger partial charge in [-0.25, -0.2) is 18.4 Å². The highest BCUT2D eigenvalue weighted by molar-refractivity contribution is 7.90. The highest BCUT2D eigenvalue weighted by Gasteiger charge is 2.22. The second kappa shape index (κ2) is 8.04. The van der Waals surface area contributed by atoms with Crippen LogP contribution >= 0.6 is 0 Å². The molecule has 32 heavy (non-hydrogen) atoms. The molecule has 2 heterocycles. The summed E-state index contributed by atoms with van der Waals surface area (Å²) in [4.78, 5) is 26.1. The van der Waals surface area contributed by atoms with E-state index in [1.807, 2.05) is 49.4 Å². The molecule has 0 bridgehead atoms. The van der Waals surface area contributed by atoms with E-state index in [1.54, 1.807) is 13.0 Å². The monoisotopic (exact) mass is 450 g/mol. The van der Waals surface area contributed by atoms with Gasteiger partial charge in [-0.15, -0.1) is 0 Å². The molecule has 1 unspecified atom stereocenters. The van der Waals surface area contributed by atoms with Crippen LogP contribution < -0.4 is 16.6 Å². The van der Waals surface area contributed by atoms with E-state index < -0.39 is 15.9 Å². The zero-order valence-electron chi connectivity index (χ0n) is 17.8. The van der Waals surface area contributed by atoms with Crippen LogP contribution in [0.5, 0.6) is 0 Å². The van der Waals surface area contributed by atoms with Crippen molar-refractivity contribution < 1.29 is 8.42 Å². The number of aromatic nitrogens is 4. The third-order valence-electron chi connectivity index (χ3n) is 5.06. The number of hydrogen-bond acceptors (Lipinski definition) is 8. The van der Waals surface area contributed by atoms with E-state index in [1.165, 1.54) is 4.57 Å². The van der Waals surface area contributed by atoms with Gasteiger partial charge in [-0.2, -0.15) is 4.98 Å². The van der Waals surface area contributed by atoms with Crippen LogP contribution in [0.15, 0.2) is 64.4 Å². The van der Waals surface area contributed by atoms with Crippen molar-refractivity contribution >= 4 is 32.5 Å². The van der Waals surface area contributed by atoms with Crippen molar-refractivity contribution in [3.63, 3.8) is 0 Å². The van der Waals surface area contributed by atoms with Crippen LogP contribution in [0.25, 0.3) is 16.6 Å². The van der Waals surface area contributed by atoms with E-state index >= 15 is 0 Å².